The highest BCUT2D eigenvalue weighted by Gasteiger charge is 2.43. The van der Waals surface area contributed by atoms with Crippen LogP contribution in [0.5, 0.6) is 5.88 Å². The lowest BCUT2D eigenvalue weighted by Gasteiger charge is -2.34. The molecule has 1 aliphatic heterocycles. The van der Waals surface area contributed by atoms with E-state index >= 15 is 0 Å². The zero-order valence-corrected chi connectivity index (χ0v) is 12.2. The van der Waals surface area contributed by atoms with Crippen LogP contribution in [0.25, 0.3) is 0 Å². The van der Waals surface area contributed by atoms with Gasteiger partial charge in [0.1, 0.15) is 5.92 Å². The lowest BCUT2D eigenvalue weighted by Crippen LogP contribution is -2.34. The lowest BCUT2D eigenvalue weighted by atomic mass is 9.71. The fourth-order valence-corrected chi connectivity index (χ4v) is 3.52. The first-order valence-electron chi connectivity index (χ1n) is 7.64. The van der Waals surface area contributed by atoms with Gasteiger partial charge in [0.2, 0.25) is 11.8 Å². The highest BCUT2D eigenvalue weighted by Crippen LogP contribution is 2.46. The van der Waals surface area contributed by atoms with Gasteiger partial charge in [0.25, 0.3) is 0 Å². The average Bonchev–Trinajstić information content (AvgIpc) is 2.89. The first kappa shape index (κ1) is 13.9. The molecule has 2 N–H and O–H groups in total. The maximum Gasteiger partial charge on any atom is 0.243 e. The number of nitriles is 1. The molecule has 0 radical (unpaired) electrons. The fraction of sp³-hybridized carbons (Fsp3) is 0.562. The third-order valence-corrected chi connectivity index (χ3v) is 4.49. The molecular weight excluding hydrogens is 264 g/mol. The summed E-state index contributed by atoms with van der Waals surface area (Å²) >= 11 is 0. The van der Waals surface area contributed by atoms with Crippen LogP contribution in [0.2, 0.25) is 0 Å². The Kier molecular flexibility index (Phi) is 3.78. The Balaban J connectivity index is 2.05. The summed E-state index contributed by atoms with van der Waals surface area (Å²) in [4.78, 5) is 0. The Bertz CT molecular complexity index is 610. The third kappa shape index (κ3) is 2.35. The summed E-state index contributed by atoms with van der Waals surface area (Å²) in [6, 6.07) is 2.29. The molecule has 0 saturated heterocycles. The van der Waals surface area contributed by atoms with Crippen molar-refractivity contribution in [3.8, 4) is 11.9 Å². The van der Waals surface area contributed by atoms with Crippen LogP contribution in [0.15, 0.2) is 12.2 Å². The molecule has 1 aromatic rings. The quantitative estimate of drug-likeness (QED) is 0.835. The summed E-state index contributed by atoms with van der Waals surface area (Å²) in [5.74, 6) is 0.461. The highest BCUT2D eigenvalue weighted by molar-refractivity contribution is 5.83. The Labute approximate surface area is 124 Å². The normalized spacial score (nSPS) is 27.8. The average molecular weight is 284 g/mol. The van der Waals surface area contributed by atoms with Gasteiger partial charge in [0.15, 0.2) is 0 Å². The summed E-state index contributed by atoms with van der Waals surface area (Å²) in [5, 5.41) is 24.8. The SMILES string of the molecule is CCCc1[nH]nc2c1C(C1CC=CCC1)C(C#N)C(=N)O2. The molecule has 110 valence electrons. The van der Waals surface area contributed by atoms with E-state index in [4.69, 9.17) is 10.1 Å². The molecule has 3 unspecified atom stereocenters. The molecule has 0 aromatic carbocycles. The summed E-state index contributed by atoms with van der Waals surface area (Å²) in [6.45, 7) is 2.12. The van der Waals surface area contributed by atoms with Gasteiger partial charge in [-0.25, -0.2) is 0 Å². The zero-order valence-electron chi connectivity index (χ0n) is 12.2. The highest BCUT2D eigenvalue weighted by atomic mass is 16.5. The summed E-state index contributed by atoms with van der Waals surface area (Å²) in [7, 11) is 0. The molecule has 0 saturated carbocycles. The van der Waals surface area contributed by atoms with Crippen molar-refractivity contribution in [2.75, 3.05) is 0 Å². The number of H-pyrrole nitrogens is 1. The molecule has 5 nitrogen and oxygen atoms in total. The van der Waals surface area contributed by atoms with E-state index in [1.807, 2.05) is 0 Å². The number of allylic oxidation sites excluding steroid dienone is 2. The number of aryl methyl sites for hydroxylation is 1. The number of nitrogens with zero attached hydrogens (tertiary/aromatic N) is 2. The third-order valence-electron chi connectivity index (χ3n) is 4.49. The molecule has 0 fully saturated rings. The largest absolute Gasteiger partial charge is 0.422 e. The number of rotatable bonds is 3. The molecule has 2 aliphatic rings. The Morgan fingerprint density at radius 2 is 2.38 bits per heavy atom. The van der Waals surface area contributed by atoms with Gasteiger partial charge in [-0.1, -0.05) is 25.5 Å². The van der Waals surface area contributed by atoms with Crippen molar-refractivity contribution in [1.29, 1.82) is 10.7 Å². The maximum atomic E-state index is 9.53. The van der Waals surface area contributed by atoms with E-state index in [2.05, 4.69) is 35.3 Å². The van der Waals surface area contributed by atoms with E-state index in [0.29, 0.717) is 11.8 Å². The molecule has 3 rings (SSSR count). The second kappa shape index (κ2) is 5.72. The minimum atomic E-state index is -0.498. The maximum absolute atomic E-state index is 9.53. The van der Waals surface area contributed by atoms with E-state index in [9.17, 15) is 5.26 Å². The van der Waals surface area contributed by atoms with E-state index in [1.165, 1.54) is 0 Å². The number of hydrogen-bond acceptors (Lipinski definition) is 4. The Morgan fingerprint density at radius 1 is 1.52 bits per heavy atom. The molecule has 1 aromatic heterocycles. The van der Waals surface area contributed by atoms with Crippen molar-refractivity contribution in [3.05, 3.63) is 23.4 Å². The second-order valence-corrected chi connectivity index (χ2v) is 5.81. The topological polar surface area (TPSA) is 85.5 Å². The van der Waals surface area contributed by atoms with E-state index in [-0.39, 0.29) is 11.8 Å². The van der Waals surface area contributed by atoms with Gasteiger partial charge in [-0.15, -0.1) is 5.10 Å². The van der Waals surface area contributed by atoms with Crippen LogP contribution >= 0.6 is 0 Å². The lowest BCUT2D eigenvalue weighted by molar-refractivity contribution is 0.316. The van der Waals surface area contributed by atoms with Crippen LogP contribution in [-0.2, 0) is 6.42 Å². The van der Waals surface area contributed by atoms with E-state index in [1.54, 1.807) is 0 Å². The van der Waals surface area contributed by atoms with Gasteiger partial charge in [0.05, 0.1) is 6.07 Å². The summed E-state index contributed by atoms with van der Waals surface area (Å²) in [5.41, 5.74) is 2.11. The molecule has 5 heteroatoms. The minimum Gasteiger partial charge on any atom is -0.422 e. The van der Waals surface area contributed by atoms with Crippen molar-refractivity contribution in [1.82, 2.24) is 10.2 Å². The van der Waals surface area contributed by atoms with Gasteiger partial charge in [-0.3, -0.25) is 10.5 Å². The van der Waals surface area contributed by atoms with Crippen LogP contribution in [0.3, 0.4) is 0 Å². The predicted molar refractivity (Wildman–Crippen MR) is 79.3 cm³/mol. The second-order valence-electron chi connectivity index (χ2n) is 5.81. The molecule has 3 atom stereocenters. The first-order valence-corrected chi connectivity index (χ1v) is 7.64. The smallest absolute Gasteiger partial charge is 0.243 e. The molecule has 0 bridgehead atoms. The van der Waals surface area contributed by atoms with Crippen molar-refractivity contribution in [2.45, 2.75) is 44.9 Å². The van der Waals surface area contributed by atoms with E-state index in [0.717, 1.165) is 43.4 Å². The van der Waals surface area contributed by atoms with Gasteiger partial charge < -0.3 is 4.74 Å². The van der Waals surface area contributed by atoms with Gasteiger partial charge >= 0.3 is 0 Å². The number of fused-ring (bicyclic) bond motifs is 1. The molecule has 0 amide bonds. The number of aromatic amines is 1. The zero-order chi connectivity index (χ0) is 14.8. The van der Waals surface area contributed by atoms with Crippen LogP contribution in [0.4, 0.5) is 0 Å². The fourth-order valence-electron chi connectivity index (χ4n) is 3.52. The van der Waals surface area contributed by atoms with E-state index < -0.39 is 5.92 Å². The summed E-state index contributed by atoms with van der Waals surface area (Å²) in [6.07, 6.45) is 9.38. The number of hydrogen-bond donors (Lipinski definition) is 2. The van der Waals surface area contributed by atoms with Crippen LogP contribution < -0.4 is 4.74 Å². The monoisotopic (exact) mass is 284 g/mol. The summed E-state index contributed by atoms with van der Waals surface area (Å²) < 4.78 is 5.48. The molecule has 21 heavy (non-hydrogen) atoms. The Hall–Kier alpha value is -2.09. The van der Waals surface area contributed by atoms with Gasteiger partial charge in [-0.05, 0) is 31.6 Å². The van der Waals surface area contributed by atoms with Crippen molar-refractivity contribution < 1.29 is 4.74 Å². The van der Waals surface area contributed by atoms with Crippen molar-refractivity contribution in [3.63, 3.8) is 0 Å². The number of nitrogens with one attached hydrogen (secondary N) is 2. The molecule has 2 heterocycles. The Morgan fingerprint density at radius 3 is 3.05 bits per heavy atom. The molecular formula is C16H20N4O. The predicted octanol–water partition coefficient (Wildman–Crippen LogP) is 3.31. The first-order chi connectivity index (χ1) is 10.3. The number of aromatic nitrogens is 2. The van der Waals surface area contributed by atoms with Crippen LogP contribution in [-0.4, -0.2) is 16.1 Å². The van der Waals surface area contributed by atoms with Crippen LogP contribution in [0.1, 0.15) is 49.8 Å². The van der Waals surface area contributed by atoms with Gasteiger partial charge in [-0.2, -0.15) is 5.26 Å². The number of ether oxygens (including phenoxy) is 1. The molecule has 0 spiro atoms. The molecule has 1 aliphatic carbocycles. The van der Waals surface area contributed by atoms with Crippen molar-refractivity contribution >= 4 is 5.90 Å². The minimum absolute atomic E-state index is 0.0245. The van der Waals surface area contributed by atoms with Crippen molar-refractivity contribution in [2.24, 2.45) is 11.8 Å². The standard InChI is InChI=1S/C16H20N4O/c1-2-6-12-14-13(10-7-4-3-5-8-10)11(9-17)15(18)21-16(14)20-19-12/h3-4,10-11,13,18H,2,5-8H2,1H3,(H,19,20). The van der Waals surface area contributed by atoms with Crippen LogP contribution in [0, 0.1) is 28.6 Å². The van der Waals surface area contributed by atoms with Gasteiger partial charge in [0, 0.05) is 17.2 Å².